The smallest absolute Gasteiger partial charge is 0.283 e. The summed E-state index contributed by atoms with van der Waals surface area (Å²) < 4.78 is 0. The molecule has 7 heteroatoms. The number of carbonyl (C=O) groups is 3. The molecule has 0 fully saturated rings. The van der Waals surface area contributed by atoms with Crippen molar-refractivity contribution in [3.8, 4) is 0 Å². The van der Waals surface area contributed by atoms with Gasteiger partial charge in [-0.1, -0.05) is 54.9 Å². The largest absolute Gasteiger partial charge is 0.350 e. The second-order valence-corrected chi connectivity index (χ2v) is 7.56. The Morgan fingerprint density at radius 1 is 0.875 bits per heavy atom. The van der Waals surface area contributed by atoms with Crippen molar-refractivity contribution in [1.29, 1.82) is 0 Å². The highest BCUT2D eigenvalue weighted by molar-refractivity contribution is 6.53. The summed E-state index contributed by atoms with van der Waals surface area (Å²) in [6.07, 6.45) is 0.849. The van der Waals surface area contributed by atoms with Crippen molar-refractivity contribution < 1.29 is 14.4 Å². The van der Waals surface area contributed by atoms with Crippen LogP contribution in [0.3, 0.4) is 0 Å². The third-order valence-corrected chi connectivity index (χ3v) is 5.41. The summed E-state index contributed by atoms with van der Waals surface area (Å²) in [5, 5.41) is 5.52. The maximum atomic E-state index is 13.0. The van der Waals surface area contributed by atoms with Crippen molar-refractivity contribution in [3.05, 3.63) is 101 Å². The van der Waals surface area contributed by atoms with E-state index in [-0.39, 0.29) is 16.6 Å². The average Bonchev–Trinajstić information content (AvgIpc) is 3.03. The Hall–Kier alpha value is -3.90. The Balaban J connectivity index is 1.53. The van der Waals surface area contributed by atoms with Crippen molar-refractivity contribution in [3.63, 3.8) is 0 Å². The zero-order valence-electron chi connectivity index (χ0n) is 17.3. The lowest BCUT2D eigenvalue weighted by molar-refractivity contribution is -0.120. The second kappa shape index (κ2) is 9.08. The van der Waals surface area contributed by atoms with E-state index in [0.29, 0.717) is 22.6 Å². The highest BCUT2D eigenvalue weighted by atomic mass is 35.5. The van der Waals surface area contributed by atoms with E-state index in [0.717, 1.165) is 16.9 Å². The summed E-state index contributed by atoms with van der Waals surface area (Å²) >= 11 is 6.21. The van der Waals surface area contributed by atoms with Crippen LogP contribution in [0, 0.1) is 0 Å². The minimum Gasteiger partial charge on any atom is -0.350 e. The molecular weight excluding hydrogens is 426 g/mol. The summed E-state index contributed by atoms with van der Waals surface area (Å²) in [6, 6.07) is 22.9. The molecule has 3 amide bonds. The van der Waals surface area contributed by atoms with Gasteiger partial charge in [0.25, 0.3) is 17.7 Å². The first-order valence-corrected chi connectivity index (χ1v) is 10.5. The lowest BCUT2D eigenvalue weighted by Gasteiger charge is -2.15. The number of hydrogen-bond donors (Lipinski definition) is 2. The van der Waals surface area contributed by atoms with Gasteiger partial charge in [-0.3, -0.25) is 14.4 Å². The lowest BCUT2D eigenvalue weighted by atomic mass is 10.1. The first kappa shape index (κ1) is 21.3. The van der Waals surface area contributed by atoms with Crippen molar-refractivity contribution in [1.82, 2.24) is 0 Å². The van der Waals surface area contributed by atoms with E-state index in [1.165, 1.54) is 0 Å². The number of benzene rings is 3. The molecule has 3 aromatic carbocycles. The van der Waals surface area contributed by atoms with Gasteiger partial charge >= 0.3 is 0 Å². The summed E-state index contributed by atoms with van der Waals surface area (Å²) in [4.78, 5) is 39.2. The predicted molar refractivity (Wildman–Crippen MR) is 126 cm³/mol. The van der Waals surface area contributed by atoms with Gasteiger partial charge in [0, 0.05) is 16.9 Å². The zero-order valence-corrected chi connectivity index (χ0v) is 18.0. The molecule has 4 rings (SSSR count). The number of nitrogens with zero attached hydrogens (tertiary/aromatic N) is 1. The molecular formula is C25H20ClN3O3. The summed E-state index contributed by atoms with van der Waals surface area (Å²) in [6.45, 7) is 2.02. The quantitative estimate of drug-likeness (QED) is 0.527. The fourth-order valence-corrected chi connectivity index (χ4v) is 3.55. The number of imide groups is 1. The van der Waals surface area contributed by atoms with E-state index in [1.807, 2.05) is 37.3 Å². The number of aryl methyl sites for hydroxylation is 1. The first-order chi connectivity index (χ1) is 15.5. The fourth-order valence-electron chi connectivity index (χ4n) is 3.33. The highest BCUT2D eigenvalue weighted by Crippen LogP contribution is 2.30. The summed E-state index contributed by atoms with van der Waals surface area (Å²) in [5.74, 6) is -1.45. The molecule has 1 aliphatic heterocycles. The Labute approximate surface area is 190 Å². The molecule has 3 aromatic rings. The van der Waals surface area contributed by atoms with Crippen LogP contribution in [0.4, 0.5) is 17.1 Å². The number of para-hydroxylation sites is 1. The van der Waals surface area contributed by atoms with Crippen molar-refractivity contribution in [2.45, 2.75) is 13.3 Å². The molecule has 1 aliphatic rings. The molecule has 0 saturated carbocycles. The molecule has 0 aromatic heterocycles. The van der Waals surface area contributed by atoms with Crippen LogP contribution in [-0.4, -0.2) is 17.7 Å². The number of halogens is 1. The van der Waals surface area contributed by atoms with Crippen LogP contribution in [-0.2, 0) is 16.0 Å². The van der Waals surface area contributed by atoms with Gasteiger partial charge in [0.1, 0.15) is 10.7 Å². The van der Waals surface area contributed by atoms with Gasteiger partial charge in [0.2, 0.25) is 0 Å². The standard InChI is InChI=1S/C25H20ClN3O3/c1-2-16-11-13-20(14-12-16)29-24(31)21(26)22(25(29)32)27-19-10-6-7-17(15-19)23(30)28-18-8-4-3-5-9-18/h3-15,27H,2H2,1H3,(H,28,30). The number of carbonyl (C=O) groups excluding carboxylic acids is 3. The molecule has 160 valence electrons. The first-order valence-electron chi connectivity index (χ1n) is 10.1. The van der Waals surface area contributed by atoms with E-state index in [1.54, 1.807) is 48.5 Å². The van der Waals surface area contributed by atoms with Gasteiger partial charge in [-0.15, -0.1) is 0 Å². The van der Waals surface area contributed by atoms with Gasteiger partial charge in [-0.2, -0.15) is 0 Å². The number of nitrogens with one attached hydrogen (secondary N) is 2. The van der Waals surface area contributed by atoms with Gasteiger partial charge in [-0.05, 0) is 54.4 Å². The van der Waals surface area contributed by atoms with Crippen molar-refractivity contribution >= 4 is 46.4 Å². The molecule has 0 bridgehead atoms. The maximum Gasteiger partial charge on any atom is 0.283 e. The maximum absolute atomic E-state index is 13.0. The summed E-state index contributed by atoms with van der Waals surface area (Å²) in [5.41, 5.74) is 3.03. The monoisotopic (exact) mass is 445 g/mol. The molecule has 0 aliphatic carbocycles. The van der Waals surface area contributed by atoms with Crippen LogP contribution >= 0.6 is 11.6 Å². The number of hydrogen-bond acceptors (Lipinski definition) is 4. The lowest BCUT2D eigenvalue weighted by Crippen LogP contribution is -2.32. The molecule has 2 N–H and O–H groups in total. The van der Waals surface area contributed by atoms with E-state index in [2.05, 4.69) is 10.6 Å². The Kier molecular flexibility index (Phi) is 6.05. The molecule has 0 saturated heterocycles. The third kappa shape index (κ3) is 4.26. The molecule has 0 radical (unpaired) electrons. The minimum atomic E-state index is -0.596. The van der Waals surface area contributed by atoms with Crippen LogP contribution in [0.25, 0.3) is 0 Å². The highest BCUT2D eigenvalue weighted by Gasteiger charge is 2.38. The van der Waals surface area contributed by atoms with Crippen LogP contribution < -0.4 is 15.5 Å². The topological polar surface area (TPSA) is 78.5 Å². The second-order valence-electron chi connectivity index (χ2n) is 7.18. The molecule has 6 nitrogen and oxygen atoms in total. The van der Waals surface area contributed by atoms with Crippen molar-refractivity contribution in [2.24, 2.45) is 0 Å². The Bertz CT molecular complexity index is 1220. The number of anilines is 3. The molecule has 0 atom stereocenters. The number of rotatable bonds is 6. The molecule has 0 spiro atoms. The van der Waals surface area contributed by atoms with E-state index < -0.39 is 11.8 Å². The van der Waals surface area contributed by atoms with Crippen LogP contribution in [0.2, 0.25) is 0 Å². The van der Waals surface area contributed by atoms with Crippen LogP contribution in [0.5, 0.6) is 0 Å². The Morgan fingerprint density at radius 2 is 1.56 bits per heavy atom. The van der Waals surface area contributed by atoms with E-state index >= 15 is 0 Å². The zero-order chi connectivity index (χ0) is 22.7. The van der Waals surface area contributed by atoms with Gasteiger partial charge in [0.15, 0.2) is 0 Å². The average molecular weight is 446 g/mol. The van der Waals surface area contributed by atoms with Crippen LogP contribution in [0.15, 0.2) is 89.6 Å². The third-order valence-electron chi connectivity index (χ3n) is 5.06. The molecule has 1 heterocycles. The molecule has 32 heavy (non-hydrogen) atoms. The minimum absolute atomic E-state index is 0.0307. The van der Waals surface area contributed by atoms with Crippen LogP contribution in [0.1, 0.15) is 22.8 Å². The van der Waals surface area contributed by atoms with Gasteiger partial charge in [0.05, 0.1) is 5.69 Å². The van der Waals surface area contributed by atoms with E-state index in [9.17, 15) is 14.4 Å². The predicted octanol–water partition coefficient (Wildman–Crippen LogP) is 4.94. The molecule has 0 unspecified atom stereocenters. The SMILES string of the molecule is CCc1ccc(N2C(=O)C(Cl)=C(Nc3cccc(C(=O)Nc4ccccc4)c3)C2=O)cc1. The van der Waals surface area contributed by atoms with Gasteiger partial charge in [-0.25, -0.2) is 4.90 Å². The summed E-state index contributed by atoms with van der Waals surface area (Å²) in [7, 11) is 0. The normalized spacial score (nSPS) is 13.5. The Morgan fingerprint density at radius 3 is 2.25 bits per heavy atom. The number of amides is 3. The van der Waals surface area contributed by atoms with E-state index in [4.69, 9.17) is 11.6 Å². The van der Waals surface area contributed by atoms with Crippen molar-refractivity contribution in [2.75, 3.05) is 15.5 Å². The van der Waals surface area contributed by atoms with Gasteiger partial charge < -0.3 is 10.6 Å². The fraction of sp³-hybridized carbons (Fsp3) is 0.0800.